The van der Waals surface area contributed by atoms with Crippen molar-refractivity contribution in [2.75, 3.05) is 20.3 Å². The lowest BCUT2D eigenvalue weighted by atomic mass is 10.1. The Hall–Kier alpha value is -2.86. The van der Waals surface area contributed by atoms with Crippen molar-refractivity contribution in [1.82, 2.24) is 10.2 Å². The zero-order valence-electron chi connectivity index (χ0n) is 15.6. The van der Waals surface area contributed by atoms with Gasteiger partial charge in [0.25, 0.3) is 0 Å². The lowest BCUT2D eigenvalue weighted by Gasteiger charge is -2.35. The summed E-state index contributed by atoms with van der Waals surface area (Å²) in [6.07, 6.45) is 0. The molecule has 2 aromatic carbocycles. The number of ether oxygens (including phenoxy) is 2. The van der Waals surface area contributed by atoms with Gasteiger partial charge >= 0.3 is 0 Å². The molecule has 6 heteroatoms. The zero-order chi connectivity index (χ0) is 19.2. The fourth-order valence-electron chi connectivity index (χ4n) is 3.10. The molecule has 3 rings (SSSR count). The van der Waals surface area contributed by atoms with Crippen LogP contribution in [0.4, 0.5) is 0 Å². The van der Waals surface area contributed by atoms with E-state index >= 15 is 0 Å². The standard InChI is InChI=1S/C21H24N2O4/c1-15(17-9-6-10-18(11-17)26-2)22-21(25)19-13-27-14-20(24)23(19)12-16-7-4-3-5-8-16/h3-11,15,19H,12-14H2,1-2H3,(H,22,25)/t15-,19?/m1/s1. The molecule has 0 aliphatic carbocycles. The van der Waals surface area contributed by atoms with Crippen molar-refractivity contribution in [3.63, 3.8) is 0 Å². The molecular formula is C21H24N2O4. The zero-order valence-corrected chi connectivity index (χ0v) is 15.6. The third kappa shape index (κ3) is 4.65. The number of nitrogens with one attached hydrogen (secondary N) is 1. The Kier molecular flexibility index (Phi) is 6.08. The summed E-state index contributed by atoms with van der Waals surface area (Å²) in [6.45, 7) is 2.48. The van der Waals surface area contributed by atoms with Crippen LogP contribution in [-0.4, -0.2) is 43.1 Å². The first-order valence-electron chi connectivity index (χ1n) is 8.94. The predicted octanol–water partition coefficient (Wildman–Crippen LogP) is 2.30. The van der Waals surface area contributed by atoms with Gasteiger partial charge in [0.15, 0.2) is 0 Å². The topological polar surface area (TPSA) is 67.9 Å². The Morgan fingerprint density at radius 2 is 2.04 bits per heavy atom. The molecule has 142 valence electrons. The molecule has 1 N–H and O–H groups in total. The van der Waals surface area contributed by atoms with E-state index in [9.17, 15) is 9.59 Å². The highest BCUT2D eigenvalue weighted by Gasteiger charge is 2.34. The fourth-order valence-corrected chi connectivity index (χ4v) is 3.10. The first-order chi connectivity index (χ1) is 13.1. The molecule has 27 heavy (non-hydrogen) atoms. The molecule has 1 aliphatic rings. The summed E-state index contributed by atoms with van der Waals surface area (Å²) in [5, 5.41) is 2.99. The first-order valence-corrected chi connectivity index (χ1v) is 8.94. The van der Waals surface area contributed by atoms with Gasteiger partial charge in [-0.2, -0.15) is 0 Å². The molecule has 1 heterocycles. The van der Waals surface area contributed by atoms with Crippen LogP contribution >= 0.6 is 0 Å². The normalized spacial score (nSPS) is 18.1. The van der Waals surface area contributed by atoms with E-state index in [0.29, 0.717) is 6.54 Å². The molecule has 0 bridgehead atoms. The minimum absolute atomic E-state index is 0.00203. The highest BCUT2D eigenvalue weighted by atomic mass is 16.5. The second kappa shape index (κ2) is 8.68. The number of amides is 2. The maximum Gasteiger partial charge on any atom is 0.249 e. The summed E-state index contributed by atoms with van der Waals surface area (Å²) >= 11 is 0. The van der Waals surface area contributed by atoms with Crippen LogP contribution in [0.15, 0.2) is 54.6 Å². The second-order valence-electron chi connectivity index (χ2n) is 6.55. The summed E-state index contributed by atoms with van der Waals surface area (Å²) in [5.41, 5.74) is 1.91. The first kappa shape index (κ1) is 18.9. The van der Waals surface area contributed by atoms with Crippen molar-refractivity contribution >= 4 is 11.8 Å². The number of morpholine rings is 1. The number of benzene rings is 2. The molecule has 1 saturated heterocycles. The van der Waals surface area contributed by atoms with Crippen LogP contribution in [0.2, 0.25) is 0 Å². The second-order valence-corrected chi connectivity index (χ2v) is 6.55. The largest absolute Gasteiger partial charge is 0.497 e. The molecule has 2 aromatic rings. The van der Waals surface area contributed by atoms with Gasteiger partial charge in [0, 0.05) is 6.54 Å². The van der Waals surface area contributed by atoms with Gasteiger partial charge < -0.3 is 19.7 Å². The number of rotatable bonds is 6. The SMILES string of the molecule is COc1cccc([C@@H](C)NC(=O)C2COCC(=O)N2Cc2ccccc2)c1. The van der Waals surface area contributed by atoms with Crippen LogP contribution < -0.4 is 10.1 Å². The van der Waals surface area contributed by atoms with Crippen LogP contribution in [-0.2, 0) is 20.9 Å². The van der Waals surface area contributed by atoms with E-state index in [1.54, 1.807) is 12.0 Å². The average molecular weight is 368 g/mol. The minimum Gasteiger partial charge on any atom is -0.497 e. The van der Waals surface area contributed by atoms with Gasteiger partial charge in [-0.05, 0) is 30.2 Å². The third-order valence-electron chi connectivity index (χ3n) is 4.65. The Morgan fingerprint density at radius 1 is 1.26 bits per heavy atom. The Labute approximate surface area is 159 Å². The van der Waals surface area contributed by atoms with E-state index < -0.39 is 6.04 Å². The maximum atomic E-state index is 12.9. The van der Waals surface area contributed by atoms with E-state index in [-0.39, 0.29) is 31.1 Å². The van der Waals surface area contributed by atoms with Crippen molar-refractivity contribution in [2.24, 2.45) is 0 Å². The Balaban J connectivity index is 1.71. The molecular weight excluding hydrogens is 344 g/mol. The summed E-state index contributed by atoms with van der Waals surface area (Å²) in [7, 11) is 1.61. The summed E-state index contributed by atoms with van der Waals surface area (Å²) in [4.78, 5) is 26.8. The number of methoxy groups -OCH3 is 1. The van der Waals surface area contributed by atoms with Gasteiger partial charge in [-0.3, -0.25) is 9.59 Å². The van der Waals surface area contributed by atoms with Crippen LogP contribution in [0.25, 0.3) is 0 Å². The minimum atomic E-state index is -0.653. The molecule has 0 aromatic heterocycles. The third-order valence-corrected chi connectivity index (χ3v) is 4.65. The van der Waals surface area contributed by atoms with Gasteiger partial charge in [-0.1, -0.05) is 42.5 Å². The van der Waals surface area contributed by atoms with E-state index in [1.165, 1.54) is 0 Å². The lowest BCUT2D eigenvalue weighted by Crippen LogP contribution is -2.56. The molecule has 2 amide bonds. The molecule has 6 nitrogen and oxygen atoms in total. The molecule has 0 spiro atoms. The van der Waals surface area contributed by atoms with Crippen LogP contribution in [0, 0.1) is 0 Å². The Bertz CT molecular complexity index is 794. The van der Waals surface area contributed by atoms with Gasteiger partial charge in [0.05, 0.1) is 19.8 Å². The molecule has 1 aliphatic heterocycles. The number of hydrogen-bond acceptors (Lipinski definition) is 4. The van der Waals surface area contributed by atoms with Crippen molar-refractivity contribution in [1.29, 1.82) is 0 Å². The number of nitrogens with zero attached hydrogens (tertiary/aromatic N) is 1. The summed E-state index contributed by atoms with van der Waals surface area (Å²) in [6, 6.07) is 16.3. The average Bonchev–Trinajstić information content (AvgIpc) is 2.70. The van der Waals surface area contributed by atoms with Gasteiger partial charge in [0.2, 0.25) is 11.8 Å². The number of hydrogen-bond donors (Lipinski definition) is 1. The van der Waals surface area contributed by atoms with E-state index in [0.717, 1.165) is 16.9 Å². The van der Waals surface area contributed by atoms with E-state index in [2.05, 4.69) is 5.32 Å². The van der Waals surface area contributed by atoms with Gasteiger partial charge in [0.1, 0.15) is 18.4 Å². The van der Waals surface area contributed by atoms with Crippen LogP contribution in [0.1, 0.15) is 24.1 Å². The predicted molar refractivity (Wildman–Crippen MR) is 101 cm³/mol. The monoisotopic (exact) mass is 368 g/mol. The van der Waals surface area contributed by atoms with Crippen LogP contribution in [0.5, 0.6) is 5.75 Å². The molecule has 1 fully saturated rings. The van der Waals surface area contributed by atoms with Crippen molar-refractivity contribution in [3.8, 4) is 5.75 Å². The lowest BCUT2D eigenvalue weighted by molar-refractivity contribution is -0.155. The van der Waals surface area contributed by atoms with E-state index in [4.69, 9.17) is 9.47 Å². The van der Waals surface area contributed by atoms with Crippen molar-refractivity contribution in [3.05, 3.63) is 65.7 Å². The molecule has 1 unspecified atom stereocenters. The molecule has 2 atom stereocenters. The van der Waals surface area contributed by atoms with Crippen molar-refractivity contribution < 1.29 is 19.1 Å². The maximum absolute atomic E-state index is 12.9. The van der Waals surface area contributed by atoms with Gasteiger partial charge in [-0.15, -0.1) is 0 Å². The van der Waals surface area contributed by atoms with Crippen LogP contribution in [0.3, 0.4) is 0 Å². The van der Waals surface area contributed by atoms with Crippen molar-refractivity contribution in [2.45, 2.75) is 25.6 Å². The number of carbonyl (C=O) groups is 2. The van der Waals surface area contributed by atoms with E-state index in [1.807, 2.05) is 61.5 Å². The highest BCUT2D eigenvalue weighted by molar-refractivity contribution is 5.89. The van der Waals surface area contributed by atoms with Gasteiger partial charge in [-0.25, -0.2) is 0 Å². The number of carbonyl (C=O) groups excluding carboxylic acids is 2. The summed E-state index contributed by atoms with van der Waals surface area (Å²) < 4.78 is 10.6. The fraction of sp³-hybridized carbons (Fsp3) is 0.333. The quantitative estimate of drug-likeness (QED) is 0.850. The molecule has 0 saturated carbocycles. The molecule has 0 radical (unpaired) electrons. The summed E-state index contributed by atoms with van der Waals surface area (Å²) in [5.74, 6) is 0.323. The Morgan fingerprint density at radius 3 is 2.78 bits per heavy atom. The smallest absolute Gasteiger partial charge is 0.249 e. The highest BCUT2D eigenvalue weighted by Crippen LogP contribution is 2.20.